The molecule has 0 fully saturated rings. The first-order valence-electron chi connectivity index (χ1n) is 6.58. The van der Waals surface area contributed by atoms with E-state index < -0.39 is 0 Å². The smallest absolute Gasteiger partial charge is 0.0831 e. The van der Waals surface area contributed by atoms with Crippen molar-refractivity contribution in [3.8, 4) is 11.1 Å². The molecule has 0 aliphatic rings. The lowest BCUT2D eigenvalue weighted by Crippen LogP contribution is -2.05. The zero-order chi connectivity index (χ0) is 13.8. The number of rotatable bonds is 4. The molecular weight excluding hydrogens is 248 g/mol. The Bertz CT molecular complexity index is 688. The molecule has 3 rings (SSSR count). The maximum atomic E-state index is 5.61. The van der Waals surface area contributed by atoms with Crippen LogP contribution in [-0.2, 0) is 13.1 Å². The van der Waals surface area contributed by atoms with Gasteiger partial charge in [-0.15, -0.1) is 0 Å². The van der Waals surface area contributed by atoms with Crippen LogP contribution >= 0.6 is 0 Å². The van der Waals surface area contributed by atoms with Crippen LogP contribution in [0.5, 0.6) is 0 Å². The molecule has 20 heavy (non-hydrogen) atoms. The highest BCUT2D eigenvalue weighted by atomic mass is 15.3. The van der Waals surface area contributed by atoms with Crippen LogP contribution in [-0.4, -0.2) is 14.8 Å². The van der Waals surface area contributed by atoms with Gasteiger partial charge in [0.05, 0.1) is 24.1 Å². The van der Waals surface area contributed by atoms with Crippen LogP contribution in [0.4, 0.5) is 0 Å². The highest BCUT2D eigenvalue weighted by Gasteiger charge is 2.03. The summed E-state index contributed by atoms with van der Waals surface area (Å²) in [6.07, 6.45) is 3.91. The minimum atomic E-state index is 0.461. The van der Waals surface area contributed by atoms with E-state index in [-0.39, 0.29) is 0 Å². The van der Waals surface area contributed by atoms with Crippen molar-refractivity contribution >= 4 is 0 Å². The summed E-state index contributed by atoms with van der Waals surface area (Å²) in [6.45, 7) is 1.11. The van der Waals surface area contributed by atoms with Crippen LogP contribution in [0.25, 0.3) is 11.1 Å². The highest BCUT2D eigenvalue weighted by molar-refractivity contribution is 5.61. The average molecular weight is 264 g/mol. The number of aromatic nitrogens is 3. The summed E-state index contributed by atoms with van der Waals surface area (Å²) in [5.74, 6) is 0. The molecular formula is C16H16N4. The first-order chi connectivity index (χ1) is 9.85. The molecule has 0 spiro atoms. The minimum Gasteiger partial charge on any atom is -0.325 e. The topological polar surface area (TPSA) is 56.7 Å². The van der Waals surface area contributed by atoms with Crippen LogP contribution in [0.15, 0.2) is 60.9 Å². The summed E-state index contributed by atoms with van der Waals surface area (Å²) in [6, 6.07) is 16.1. The van der Waals surface area contributed by atoms with Gasteiger partial charge in [0.2, 0.25) is 0 Å². The number of nitrogens with zero attached hydrogens (tertiary/aromatic N) is 3. The standard InChI is InChI=1S/C16H16N4/c17-9-15-7-4-8-16(19-15)12-20-11-14(10-18-20)13-5-2-1-3-6-13/h1-8,10-11H,9,12,17H2. The van der Waals surface area contributed by atoms with Gasteiger partial charge < -0.3 is 5.73 Å². The van der Waals surface area contributed by atoms with Gasteiger partial charge >= 0.3 is 0 Å². The molecule has 2 N–H and O–H groups in total. The summed E-state index contributed by atoms with van der Waals surface area (Å²) >= 11 is 0. The Morgan fingerprint density at radius 3 is 2.50 bits per heavy atom. The van der Waals surface area contributed by atoms with Gasteiger partial charge in [-0.1, -0.05) is 36.4 Å². The van der Waals surface area contributed by atoms with Gasteiger partial charge in [0.15, 0.2) is 0 Å². The van der Waals surface area contributed by atoms with Gasteiger partial charge in [0.1, 0.15) is 0 Å². The van der Waals surface area contributed by atoms with E-state index in [1.54, 1.807) is 0 Å². The predicted molar refractivity (Wildman–Crippen MR) is 78.9 cm³/mol. The van der Waals surface area contributed by atoms with Gasteiger partial charge in [-0.2, -0.15) is 5.10 Å². The fourth-order valence-corrected chi connectivity index (χ4v) is 2.13. The summed E-state index contributed by atoms with van der Waals surface area (Å²) in [4.78, 5) is 4.48. The maximum Gasteiger partial charge on any atom is 0.0831 e. The van der Waals surface area contributed by atoms with E-state index in [4.69, 9.17) is 5.73 Å². The predicted octanol–water partition coefficient (Wildman–Crippen LogP) is 2.45. The van der Waals surface area contributed by atoms with Crippen LogP contribution in [0, 0.1) is 0 Å². The fourth-order valence-electron chi connectivity index (χ4n) is 2.13. The third-order valence-corrected chi connectivity index (χ3v) is 3.14. The molecule has 0 bridgehead atoms. The van der Waals surface area contributed by atoms with E-state index in [1.807, 2.05) is 53.5 Å². The Morgan fingerprint density at radius 1 is 0.900 bits per heavy atom. The van der Waals surface area contributed by atoms with Crippen molar-refractivity contribution in [3.63, 3.8) is 0 Å². The van der Waals surface area contributed by atoms with Crippen molar-refractivity contribution < 1.29 is 0 Å². The van der Waals surface area contributed by atoms with E-state index in [0.717, 1.165) is 17.0 Å². The zero-order valence-corrected chi connectivity index (χ0v) is 11.1. The molecule has 2 heterocycles. The average Bonchev–Trinajstić information content (AvgIpc) is 2.97. The molecule has 100 valence electrons. The number of benzene rings is 1. The molecule has 0 amide bonds. The molecule has 3 aromatic rings. The van der Waals surface area contributed by atoms with Gasteiger partial charge in [-0.05, 0) is 17.7 Å². The van der Waals surface area contributed by atoms with Crippen LogP contribution in [0.3, 0.4) is 0 Å². The zero-order valence-electron chi connectivity index (χ0n) is 11.1. The molecule has 0 aliphatic carbocycles. The number of hydrogen-bond donors (Lipinski definition) is 1. The first kappa shape index (κ1) is 12.6. The largest absolute Gasteiger partial charge is 0.325 e. The van der Waals surface area contributed by atoms with Crippen LogP contribution in [0.1, 0.15) is 11.4 Å². The normalized spacial score (nSPS) is 10.7. The molecule has 0 atom stereocenters. The quantitative estimate of drug-likeness (QED) is 0.787. The van der Waals surface area contributed by atoms with Gasteiger partial charge in [0.25, 0.3) is 0 Å². The Balaban J connectivity index is 1.80. The molecule has 4 nitrogen and oxygen atoms in total. The Labute approximate surface area is 117 Å². The van der Waals surface area contributed by atoms with Gasteiger partial charge in [-0.3, -0.25) is 9.67 Å². The molecule has 0 radical (unpaired) electrons. The third-order valence-electron chi connectivity index (χ3n) is 3.14. The minimum absolute atomic E-state index is 0.461. The lowest BCUT2D eigenvalue weighted by Gasteiger charge is -2.03. The van der Waals surface area contributed by atoms with E-state index in [1.165, 1.54) is 5.56 Å². The molecule has 0 saturated carbocycles. The number of pyridine rings is 1. The van der Waals surface area contributed by atoms with Crippen LogP contribution in [0.2, 0.25) is 0 Å². The fraction of sp³-hybridized carbons (Fsp3) is 0.125. The van der Waals surface area contributed by atoms with E-state index in [0.29, 0.717) is 13.1 Å². The molecule has 0 aliphatic heterocycles. The summed E-state index contributed by atoms with van der Waals surface area (Å²) < 4.78 is 1.89. The molecule has 2 aromatic heterocycles. The Hall–Kier alpha value is -2.46. The Morgan fingerprint density at radius 2 is 1.70 bits per heavy atom. The SMILES string of the molecule is NCc1cccc(Cn2cc(-c3ccccc3)cn2)n1. The van der Waals surface area contributed by atoms with Gasteiger partial charge in [-0.25, -0.2) is 0 Å². The molecule has 4 heteroatoms. The second-order valence-electron chi connectivity index (χ2n) is 4.62. The van der Waals surface area contributed by atoms with Gasteiger partial charge in [0, 0.05) is 18.3 Å². The summed E-state index contributed by atoms with van der Waals surface area (Å²) in [7, 11) is 0. The Kier molecular flexibility index (Phi) is 3.56. The number of hydrogen-bond acceptors (Lipinski definition) is 3. The van der Waals surface area contributed by atoms with E-state index in [2.05, 4.69) is 22.2 Å². The van der Waals surface area contributed by atoms with E-state index >= 15 is 0 Å². The molecule has 0 unspecified atom stereocenters. The first-order valence-corrected chi connectivity index (χ1v) is 6.58. The van der Waals surface area contributed by atoms with Crippen molar-refractivity contribution in [2.45, 2.75) is 13.1 Å². The lowest BCUT2D eigenvalue weighted by molar-refractivity contribution is 0.669. The second kappa shape index (κ2) is 5.67. The third kappa shape index (κ3) is 2.75. The summed E-state index contributed by atoms with van der Waals surface area (Å²) in [5.41, 5.74) is 9.76. The highest BCUT2D eigenvalue weighted by Crippen LogP contribution is 2.17. The van der Waals surface area contributed by atoms with Crippen molar-refractivity contribution in [1.29, 1.82) is 0 Å². The van der Waals surface area contributed by atoms with E-state index in [9.17, 15) is 0 Å². The van der Waals surface area contributed by atoms with Crippen molar-refractivity contribution in [1.82, 2.24) is 14.8 Å². The molecule has 0 saturated heterocycles. The van der Waals surface area contributed by atoms with Crippen molar-refractivity contribution in [3.05, 3.63) is 72.3 Å². The molecule has 1 aromatic carbocycles. The maximum absolute atomic E-state index is 5.61. The monoisotopic (exact) mass is 264 g/mol. The van der Waals surface area contributed by atoms with Crippen molar-refractivity contribution in [2.75, 3.05) is 0 Å². The second-order valence-corrected chi connectivity index (χ2v) is 4.62. The number of nitrogens with two attached hydrogens (primary N) is 1. The van der Waals surface area contributed by atoms with Crippen molar-refractivity contribution in [2.24, 2.45) is 5.73 Å². The van der Waals surface area contributed by atoms with Crippen LogP contribution < -0.4 is 5.73 Å². The lowest BCUT2D eigenvalue weighted by atomic mass is 10.1. The summed E-state index contributed by atoms with van der Waals surface area (Å²) in [5, 5.41) is 4.39.